The van der Waals surface area contributed by atoms with Crippen LogP contribution in [-0.2, 0) is 11.0 Å². The molecule has 7 heteroatoms. The van der Waals surface area contributed by atoms with E-state index in [1.165, 1.54) is 18.6 Å². The van der Waals surface area contributed by atoms with E-state index >= 15 is 0 Å². The molecule has 1 aliphatic carbocycles. The van der Waals surface area contributed by atoms with Gasteiger partial charge in [-0.25, -0.2) is 8.93 Å². The molecule has 1 aliphatic rings. The number of nitro benzene ring substituents is 1. The van der Waals surface area contributed by atoms with Crippen LogP contribution in [0, 0.1) is 10.1 Å². The highest BCUT2D eigenvalue weighted by molar-refractivity contribution is 7.83. The molecule has 0 saturated heterocycles. The van der Waals surface area contributed by atoms with E-state index in [0.29, 0.717) is 4.90 Å². The van der Waals surface area contributed by atoms with E-state index in [4.69, 9.17) is 11.6 Å². The first-order valence-corrected chi connectivity index (χ1v) is 7.72. The Bertz CT molecular complexity index is 504. The van der Waals surface area contributed by atoms with E-state index in [2.05, 4.69) is 4.72 Å². The van der Waals surface area contributed by atoms with Gasteiger partial charge in [-0.15, -0.1) is 0 Å². The summed E-state index contributed by atoms with van der Waals surface area (Å²) in [7, 11) is -1.43. The summed E-state index contributed by atoms with van der Waals surface area (Å²) in [5.74, 6) is 0. The second-order valence-electron chi connectivity index (χ2n) is 4.59. The van der Waals surface area contributed by atoms with Gasteiger partial charge in [0.1, 0.15) is 16.0 Å². The lowest BCUT2D eigenvalue weighted by Gasteiger charge is -2.22. The molecule has 19 heavy (non-hydrogen) atoms. The maximum Gasteiger partial charge on any atom is 0.289 e. The molecule has 5 nitrogen and oxygen atoms in total. The van der Waals surface area contributed by atoms with E-state index in [-0.39, 0.29) is 16.8 Å². The van der Waals surface area contributed by atoms with E-state index in [1.54, 1.807) is 6.07 Å². The third-order valence-electron chi connectivity index (χ3n) is 3.21. The molecule has 1 N–H and O–H groups in total. The van der Waals surface area contributed by atoms with Crippen molar-refractivity contribution in [2.45, 2.75) is 43.0 Å². The van der Waals surface area contributed by atoms with Crippen molar-refractivity contribution in [2.75, 3.05) is 0 Å². The van der Waals surface area contributed by atoms with Crippen molar-refractivity contribution >= 4 is 28.3 Å². The molecular formula is C12H15ClN2O3S. The maximum absolute atomic E-state index is 12.1. The summed E-state index contributed by atoms with van der Waals surface area (Å²) < 4.78 is 15.2. The smallest absolute Gasteiger partial charge is 0.258 e. The number of hydrogen-bond donors (Lipinski definition) is 1. The number of hydrogen-bond acceptors (Lipinski definition) is 3. The van der Waals surface area contributed by atoms with Crippen LogP contribution in [-0.4, -0.2) is 15.2 Å². The molecule has 2 rings (SSSR count). The lowest BCUT2D eigenvalue weighted by atomic mass is 9.96. The number of halogens is 1. The molecule has 1 unspecified atom stereocenters. The molecule has 0 aliphatic heterocycles. The minimum absolute atomic E-state index is 0.0587. The van der Waals surface area contributed by atoms with Gasteiger partial charge in [-0.2, -0.15) is 0 Å². The van der Waals surface area contributed by atoms with Crippen LogP contribution in [0.4, 0.5) is 5.69 Å². The van der Waals surface area contributed by atoms with Gasteiger partial charge in [0.2, 0.25) is 0 Å². The van der Waals surface area contributed by atoms with Gasteiger partial charge in [-0.3, -0.25) is 10.1 Å². The minimum atomic E-state index is -1.43. The van der Waals surface area contributed by atoms with E-state index in [0.717, 1.165) is 25.7 Å². The highest BCUT2D eigenvalue weighted by atomic mass is 35.5. The highest BCUT2D eigenvalue weighted by Gasteiger charge is 2.19. The summed E-state index contributed by atoms with van der Waals surface area (Å²) in [4.78, 5) is 10.6. The van der Waals surface area contributed by atoms with Gasteiger partial charge in [-0.05, 0) is 25.0 Å². The average Bonchev–Trinajstić information content (AvgIpc) is 2.40. The van der Waals surface area contributed by atoms with Crippen LogP contribution < -0.4 is 4.72 Å². The van der Waals surface area contributed by atoms with Crippen LogP contribution in [0.25, 0.3) is 0 Å². The van der Waals surface area contributed by atoms with Gasteiger partial charge in [0.25, 0.3) is 5.69 Å². The standard InChI is InChI=1S/C12H15ClN2O3S/c13-11-7-6-10(8-12(11)15(16)17)19(18)14-9-4-2-1-3-5-9/h6-9,14H,1-5H2. The summed E-state index contributed by atoms with van der Waals surface area (Å²) in [5.41, 5.74) is -0.210. The Morgan fingerprint density at radius 3 is 2.63 bits per heavy atom. The molecule has 0 radical (unpaired) electrons. The zero-order valence-electron chi connectivity index (χ0n) is 10.3. The van der Waals surface area contributed by atoms with E-state index < -0.39 is 15.9 Å². The summed E-state index contributed by atoms with van der Waals surface area (Å²) >= 11 is 5.73. The fraction of sp³-hybridized carbons (Fsp3) is 0.500. The summed E-state index contributed by atoms with van der Waals surface area (Å²) in [6, 6.07) is 4.47. The van der Waals surface area contributed by atoms with E-state index in [1.807, 2.05) is 0 Å². The Morgan fingerprint density at radius 1 is 1.32 bits per heavy atom. The molecule has 0 heterocycles. The van der Waals surface area contributed by atoms with Crippen LogP contribution in [0.3, 0.4) is 0 Å². The van der Waals surface area contributed by atoms with Crippen LogP contribution in [0.15, 0.2) is 23.1 Å². The van der Waals surface area contributed by atoms with Crippen molar-refractivity contribution in [1.29, 1.82) is 0 Å². The second kappa shape index (κ2) is 6.45. The normalized spacial score (nSPS) is 18.2. The number of nitrogens with zero attached hydrogens (tertiary/aromatic N) is 1. The predicted octanol–water partition coefficient (Wildman–Crippen LogP) is 3.19. The molecule has 0 amide bonds. The van der Waals surface area contributed by atoms with Crippen LogP contribution >= 0.6 is 11.6 Å². The van der Waals surface area contributed by atoms with Crippen molar-refractivity contribution in [2.24, 2.45) is 0 Å². The first kappa shape index (κ1) is 14.4. The summed E-state index contributed by atoms with van der Waals surface area (Å²) in [6.45, 7) is 0. The Hall–Kier alpha value is -0.980. The third kappa shape index (κ3) is 3.75. The molecule has 0 spiro atoms. The average molecular weight is 303 g/mol. The molecule has 1 aromatic rings. The number of rotatable bonds is 4. The Balaban J connectivity index is 2.10. The van der Waals surface area contributed by atoms with Gasteiger partial charge in [0.05, 0.1) is 9.82 Å². The first-order valence-electron chi connectivity index (χ1n) is 6.20. The van der Waals surface area contributed by atoms with Crippen molar-refractivity contribution < 1.29 is 9.13 Å². The molecular weight excluding hydrogens is 288 g/mol. The molecule has 104 valence electrons. The topological polar surface area (TPSA) is 72.2 Å². The Kier molecular flexibility index (Phi) is 4.90. The molecule has 0 bridgehead atoms. The summed E-state index contributed by atoms with van der Waals surface area (Å²) in [5, 5.41) is 10.8. The predicted molar refractivity (Wildman–Crippen MR) is 74.5 cm³/mol. The Morgan fingerprint density at radius 2 is 2.00 bits per heavy atom. The van der Waals surface area contributed by atoms with Crippen LogP contribution in [0.5, 0.6) is 0 Å². The lowest BCUT2D eigenvalue weighted by Crippen LogP contribution is -2.32. The van der Waals surface area contributed by atoms with E-state index in [9.17, 15) is 14.3 Å². The second-order valence-corrected chi connectivity index (χ2v) is 6.24. The molecule has 1 fully saturated rings. The molecule has 1 aromatic carbocycles. The molecule has 1 atom stereocenters. The molecule has 1 saturated carbocycles. The van der Waals surface area contributed by atoms with Gasteiger partial charge in [-0.1, -0.05) is 30.9 Å². The fourth-order valence-corrected chi connectivity index (χ4v) is 3.46. The van der Waals surface area contributed by atoms with Gasteiger partial charge in [0, 0.05) is 12.1 Å². The van der Waals surface area contributed by atoms with Crippen molar-refractivity contribution in [1.82, 2.24) is 4.72 Å². The molecule has 0 aromatic heterocycles. The van der Waals surface area contributed by atoms with Crippen molar-refractivity contribution in [3.05, 3.63) is 33.3 Å². The third-order valence-corrected chi connectivity index (χ3v) is 4.76. The zero-order chi connectivity index (χ0) is 13.8. The van der Waals surface area contributed by atoms with Gasteiger partial charge >= 0.3 is 0 Å². The van der Waals surface area contributed by atoms with Gasteiger partial charge < -0.3 is 0 Å². The Labute approximate surface area is 119 Å². The monoisotopic (exact) mass is 302 g/mol. The maximum atomic E-state index is 12.1. The van der Waals surface area contributed by atoms with Crippen molar-refractivity contribution in [3.63, 3.8) is 0 Å². The number of benzene rings is 1. The fourth-order valence-electron chi connectivity index (χ4n) is 2.19. The number of nitrogens with one attached hydrogen (secondary N) is 1. The zero-order valence-corrected chi connectivity index (χ0v) is 11.9. The quantitative estimate of drug-likeness (QED) is 0.685. The van der Waals surface area contributed by atoms with Crippen LogP contribution in [0.2, 0.25) is 5.02 Å². The lowest BCUT2D eigenvalue weighted by molar-refractivity contribution is -0.384. The van der Waals surface area contributed by atoms with Gasteiger partial charge in [0.15, 0.2) is 0 Å². The minimum Gasteiger partial charge on any atom is -0.258 e. The summed E-state index contributed by atoms with van der Waals surface area (Å²) in [6.07, 6.45) is 5.49. The number of nitro groups is 1. The largest absolute Gasteiger partial charge is 0.289 e. The highest BCUT2D eigenvalue weighted by Crippen LogP contribution is 2.26. The van der Waals surface area contributed by atoms with Crippen molar-refractivity contribution in [3.8, 4) is 0 Å². The van der Waals surface area contributed by atoms with Crippen LogP contribution in [0.1, 0.15) is 32.1 Å². The first-order chi connectivity index (χ1) is 9.08. The SMILES string of the molecule is O=[N+]([O-])c1cc(S(=O)NC2CCCCC2)ccc1Cl.